The molecule has 0 bridgehead atoms. The average Bonchev–Trinajstić information content (AvgIpc) is 1.75. The highest BCUT2D eigenvalue weighted by atomic mass is 28.1. The molecule has 0 aromatic heterocycles. The van der Waals surface area contributed by atoms with E-state index in [1.807, 2.05) is 0 Å². The number of epoxide rings is 1. The molecule has 0 aromatic carbocycles. The molecule has 1 aliphatic rings. The van der Waals surface area contributed by atoms with Crippen molar-refractivity contribution in [2.24, 2.45) is 0 Å². The summed E-state index contributed by atoms with van der Waals surface area (Å²) in [5, 5.41) is 0. The predicted molar refractivity (Wildman–Crippen MR) is 26.4 cm³/mol. The van der Waals surface area contributed by atoms with Gasteiger partial charge in [0.15, 0.2) is 0 Å². The van der Waals surface area contributed by atoms with Gasteiger partial charge in [0.2, 0.25) is 0 Å². The zero-order valence-electron chi connectivity index (χ0n) is 2.32. The molecule has 1 saturated heterocycles. The van der Waals surface area contributed by atoms with Gasteiger partial charge in [-0.3, -0.25) is 0 Å². The standard InChI is InChI=1S/C3H4O.H4Si/c1-3-2-4-3;/h1-2H2;1H4. The van der Waals surface area contributed by atoms with Crippen molar-refractivity contribution in [1.82, 2.24) is 0 Å². The second-order valence-electron chi connectivity index (χ2n) is 0.827. The summed E-state index contributed by atoms with van der Waals surface area (Å²) >= 11 is 0. The van der Waals surface area contributed by atoms with E-state index < -0.39 is 0 Å². The SMILES string of the molecule is C=C1CO1.[SiH4]. The molecule has 0 spiro atoms. The smallest absolute Gasteiger partial charge is 0.144 e. The second-order valence-corrected chi connectivity index (χ2v) is 0.827. The zero-order chi connectivity index (χ0) is 2.99. The Balaban J connectivity index is 0.000000160. The van der Waals surface area contributed by atoms with E-state index in [0.29, 0.717) is 0 Å². The fourth-order valence-corrected chi connectivity index (χ4v) is 0.0510. The van der Waals surface area contributed by atoms with Crippen molar-refractivity contribution >= 4 is 11.0 Å². The quantitative estimate of drug-likeness (QED) is 0.275. The summed E-state index contributed by atoms with van der Waals surface area (Å²) in [5.74, 6) is 0.917. The number of ether oxygens (including phenoxy) is 1. The Bertz CT molecular complexity index is 44.9. The molecule has 0 aromatic rings. The highest BCUT2D eigenvalue weighted by Crippen LogP contribution is 2.07. The van der Waals surface area contributed by atoms with E-state index in [4.69, 9.17) is 0 Å². The predicted octanol–water partition coefficient (Wildman–Crippen LogP) is -0.921. The first-order valence-corrected chi connectivity index (χ1v) is 1.20. The fourth-order valence-electron chi connectivity index (χ4n) is 0.0510. The van der Waals surface area contributed by atoms with E-state index in [-0.39, 0.29) is 11.0 Å². The van der Waals surface area contributed by atoms with Crippen molar-refractivity contribution in [3.8, 4) is 0 Å². The highest BCUT2D eigenvalue weighted by molar-refractivity contribution is 5.75. The van der Waals surface area contributed by atoms with Gasteiger partial charge < -0.3 is 4.74 Å². The number of rotatable bonds is 0. The third kappa shape index (κ3) is 1.53. The van der Waals surface area contributed by atoms with Gasteiger partial charge in [-0.2, -0.15) is 0 Å². The maximum Gasteiger partial charge on any atom is 0.144 e. The first-order valence-electron chi connectivity index (χ1n) is 1.20. The highest BCUT2D eigenvalue weighted by Gasteiger charge is 2.05. The molecule has 0 N–H and O–H groups in total. The Kier molecular flexibility index (Phi) is 1.20. The van der Waals surface area contributed by atoms with Gasteiger partial charge in [0.1, 0.15) is 12.4 Å². The van der Waals surface area contributed by atoms with E-state index in [9.17, 15) is 0 Å². The van der Waals surface area contributed by atoms with Crippen LogP contribution in [0.1, 0.15) is 0 Å². The minimum atomic E-state index is 0. The Labute approximate surface area is 35.7 Å². The van der Waals surface area contributed by atoms with Crippen molar-refractivity contribution < 1.29 is 4.74 Å². The van der Waals surface area contributed by atoms with Crippen LogP contribution < -0.4 is 0 Å². The van der Waals surface area contributed by atoms with Gasteiger partial charge in [-0.25, -0.2) is 0 Å². The Morgan fingerprint density at radius 1 is 1.80 bits per heavy atom. The monoisotopic (exact) mass is 88.0 g/mol. The third-order valence-electron chi connectivity index (χ3n) is 0.348. The van der Waals surface area contributed by atoms with E-state index in [1.54, 1.807) is 0 Å². The summed E-state index contributed by atoms with van der Waals surface area (Å²) in [6.45, 7) is 4.24. The van der Waals surface area contributed by atoms with Crippen molar-refractivity contribution in [3.05, 3.63) is 12.3 Å². The molecular weight excluding hydrogens is 80.1 g/mol. The molecule has 5 heavy (non-hydrogen) atoms. The van der Waals surface area contributed by atoms with Crippen molar-refractivity contribution in [3.63, 3.8) is 0 Å². The van der Waals surface area contributed by atoms with Gasteiger partial charge in [0.25, 0.3) is 0 Å². The van der Waals surface area contributed by atoms with Crippen LogP contribution >= 0.6 is 0 Å². The second kappa shape index (κ2) is 1.26. The van der Waals surface area contributed by atoms with Crippen LogP contribution in [0.15, 0.2) is 12.3 Å². The van der Waals surface area contributed by atoms with E-state index in [2.05, 4.69) is 11.3 Å². The Morgan fingerprint density at radius 2 is 2.00 bits per heavy atom. The van der Waals surface area contributed by atoms with E-state index in [1.165, 1.54) is 0 Å². The average molecular weight is 88.2 g/mol. The first-order chi connectivity index (χ1) is 1.89. The molecule has 1 rings (SSSR count). The van der Waals surface area contributed by atoms with Crippen molar-refractivity contribution in [1.29, 1.82) is 0 Å². The lowest BCUT2D eigenvalue weighted by Crippen LogP contribution is -1.21. The molecule has 0 unspecified atom stereocenters. The van der Waals surface area contributed by atoms with E-state index in [0.717, 1.165) is 12.4 Å². The lowest BCUT2D eigenvalue weighted by molar-refractivity contribution is 0.511. The van der Waals surface area contributed by atoms with Gasteiger partial charge in [-0.05, 0) is 11.0 Å². The topological polar surface area (TPSA) is 12.5 Å². The minimum Gasteiger partial charge on any atom is -0.487 e. The molecule has 1 aliphatic heterocycles. The Morgan fingerprint density at radius 3 is 2.00 bits per heavy atom. The van der Waals surface area contributed by atoms with E-state index >= 15 is 0 Å². The molecule has 1 heterocycles. The van der Waals surface area contributed by atoms with Gasteiger partial charge in [0, 0.05) is 0 Å². The summed E-state index contributed by atoms with van der Waals surface area (Å²) in [7, 11) is 0. The normalized spacial score (nSPS) is 15.6. The Hall–Kier alpha value is -0.243. The summed E-state index contributed by atoms with van der Waals surface area (Å²) < 4.78 is 4.51. The van der Waals surface area contributed by atoms with Crippen LogP contribution in [0.5, 0.6) is 0 Å². The van der Waals surface area contributed by atoms with Crippen LogP contribution in [0, 0.1) is 0 Å². The summed E-state index contributed by atoms with van der Waals surface area (Å²) in [6, 6.07) is 0. The first kappa shape index (κ1) is 4.76. The summed E-state index contributed by atoms with van der Waals surface area (Å²) in [6.07, 6.45) is 0. The molecule has 0 saturated carbocycles. The number of hydrogen-bond donors (Lipinski definition) is 0. The maximum absolute atomic E-state index is 4.51. The lowest BCUT2D eigenvalue weighted by Gasteiger charge is -1.39. The molecule has 1 nitrogen and oxygen atoms in total. The third-order valence-corrected chi connectivity index (χ3v) is 0.348. The summed E-state index contributed by atoms with van der Waals surface area (Å²) in [5.41, 5.74) is 0. The molecule has 1 fully saturated rings. The molecule has 0 radical (unpaired) electrons. The molecule has 30 valence electrons. The number of hydrogen-bond acceptors (Lipinski definition) is 1. The van der Waals surface area contributed by atoms with Crippen molar-refractivity contribution in [2.45, 2.75) is 0 Å². The summed E-state index contributed by atoms with van der Waals surface area (Å²) in [4.78, 5) is 0. The molecule has 2 heteroatoms. The zero-order valence-corrected chi connectivity index (χ0v) is 2.32. The lowest BCUT2D eigenvalue weighted by atomic mass is 10.8. The molecule has 0 atom stereocenters. The van der Waals surface area contributed by atoms with Crippen LogP contribution in [0.2, 0.25) is 0 Å². The fraction of sp³-hybridized carbons (Fsp3) is 0.333. The molecule has 0 amide bonds. The van der Waals surface area contributed by atoms with Crippen LogP contribution in [0.3, 0.4) is 0 Å². The minimum absolute atomic E-state index is 0. The maximum atomic E-state index is 4.51. The van der Waals surface area contributed by atoms with Gasteiger partial charge in [-0.1, -0.05) is 6.58 Å². The molecular formula is C3H8OSi. The largest absolute Gasteiger partial charge is 0.487 e. The van der Waals surface area contributed by atoms with Crippen LogP contribution in [0.25, 0.3) is 0 Å². The van der Waals surface area contributed by atoms with Crippen LogP contribution in [-0.2, 0) is 4.74 Å². The van der Waals surface area contributed by atoms with Gasteiger partial charge in [-0.15, -0.1) is 0 Å². The van der Waals surface area contributed by atoms with Crippen LogP contribution in [-0.4, -0.2) is 17.6 Å². The van der Waals surface area contributed by atoms with Crippen LogP contribution in [0.4, 0.5) is 0 Å². The van der Waals surface area contributed by atoms with Crippen molar-refractivity contribution in [2.75, 3.05) is 6.61 Å². The molecule has 0 aliphatic carbocycles. The van der Waals surface area contributed by atoms with Gasteiger partial charge >= 0.3 is 0 Å². The van der Waals surface area contributed by atoms with Gasteiger partial charge in [0.05, 0.1) is 0 Å².